The lowest BCUT2D eigenvalue weighted by Gasteiger charge is -2.35. The molecule has 11 heteroatoms. The molecule has 0 atom stereocenters. The molecule has 2 heterocycles. The van der Waals surface area contributed by atoms with E-state index in [2.05, 4.69) is 0 Å². The van der Waals surface area contributed by atoms with Crippen LogP contribution in [-0.4, -0.2) is 67.7 Å². The third-order valence-electron chi connectivity index (χ3n) is 5.13. The Morgan fingerprint density at radius 3 is 2.37 bits per heavy atom. The van der Waals surface area contributed by atoms with Crippen molar-refractivity contribution in [3.8, 4) is 0 Å². The van der Waals surface area contributed by atoms with Gasteiger partial charge in [0.2, 0.25) is 10.0 Å². The van der Waals surface area contributed by atoms with E-state index < -0.39 is 14.9 Å². The van der Waals surface area contributed by atoms with Gasteiger partial charge < -0.3 is 14.2 Å². The summed E-state index contributed by atoms with van der Waals surface area (Å²) in [5.41, 5.74) is 0.0673. The smallest absolute Gasteiger partial charge is 0.293 e. The van der Waals surface area contributed by atoms with Crippen LogP contribution in [-0.2, 0) is 10.0 Å². The van der Waals surface area contributed by atoms with Gasteiger partial charge in [0, 0.05) is 45.3 Å². The number of amides is 1. The third-order valence-corrected chi connectivity index (χ3v) is 7.17. The summed E-state index contributed by atoms with van der Waals surface area (Å²) in [4.78, 5) is 26.8. The van der Waals surface area contributed by atoms with Crippen LogP contribution in [0.4, 0.5) is 11.4 Å². The Morgan fingerprint density at radius 1 is 1.17 bits per heavy atom. The molecule has 1 aliphatic heterocycles. The van der Waals surface area contributed by atoms with Crippen LogP contribution in [0.15, 0.2) is 45.9 Å². The molecular weight excluding hydrogens is 412 g/mol. The second kappa shape index (κ2) is 8.84. The lowest BCUT2D eigenvalue weighted by atomic mass is 10.2. The normalized spacial score (nSPS) is 14.9. The monoisotopic (exact) mass is 436 g/mol. The number of nitrogens with zero attached hydrogens (tertiary/aromatic N) is 4. The van der Waals surface area contributed by atoms with Gasteiger partial charge in [0.05, 0.1) is 16.1 Å². The zero-order chi connectivity index (χ0) is 21.9. The number of sulfonamides is 1. The quantitative estimate of drug-likeness (QED) is 0.482. The van der Waals surface area contributed by atoms with Crippen molar-refractivity contribution < 1.29 is 22.6 Å². The predicted octanol–water partition coefficient (Wildman–Crippen LogP) is 2.18. The number of piperazine rings is 1. The van der Waals surface area contributed by atoms with Gasteiger partial charge in [0.1, 0.15) is 5.69 Å². The molecular formula is C19H24N4O6S. The molecule has 1 aliphatic rings. The van der Waals surface area contributed by atoms with Crippen LogP contribution < -0.4 is 4.90 Å². The highest BCUT2D eigenvalue weighted by Crippen LogP contribution is 2.32. The SMILES string of the molecule is CCN(CC)S(=O)(=O)c1ccc(N2CCN(C(=O)c3ccco3)CC2)c([N+](=O)[O-])c1. The zero-order valence-corrected chi connectivity index (χ0v) is 17.7. The standard InChI is InChI=1S/C19H24N4O6S/c1-3-22(4-2)30(27,28)15-7-8-16(17(14-15)23(25)26)20-9-11-21(12-10-20)19(24)18-6-5-13-29-18/h5-8,13-14H,3-4,9-12H2,1-2H3. The van der Waals surface area contributed by atoms with Gasteiger partial charge in [-0.2, -0.15) is 4.31 Å². The van der Waals surface area contributed by atoms with Gasteiger partial charge in [-0.15, -0.1) is 0 Å². The van der Waals surface area contributed by atoms with E-state index in [4.69, 9.17) is 4.42 Å². The molecule has 3 rings (SSSR count). The number of benzene rings is 1. The van der Waals surface area contributed by atoms with Gasteiger partial charge in [-0.25, -0.2) is 8.42 Å². The fraction of sp³-hybridized carbons (Fsp3) is 0.421. The molecule has 0 radical (unpaired) electrons. The van der Waals surface area contributed by atoms with Gasteiger partial charge in [-0.3, -0.25) is 14.9 Å². The van der Waals surface area contributed by atoms with Crippen LogP contribution in [0.2, 0.25) is 0 Å². The van der Waals surface area contributed by atoms with E-state index in [0.717, 1.165) is 6.07 Å². The minimum atomic E-state index is -3.80. The highest BCUT2D eigenvalue weighted by Gasteiger charge is 2.30. The minimum Gasteiger partial charge on any atom is -0.459 e. The molecule has 1 fully saturated rings. The molecule has 0 aliphatic carbocycles. The number of nitro groups is 1. The maximum atomic E-state index is 12.7. The average Bonchev–Trinajstić information content (AvgIpc) is 3.28. The second-order valence-electron chi connectivity index (χ2n) is 6.75. The summed E-state index contributed by atoms with van der Waals surface area (Å²) < 4.78 is 31.8. The molecule has 0 N–H and O–H groups in total. The van der Waals surface area contributed by atoms with Crippen molar-refractivity contribution in [2.75, 3.05) is 44.2 Å². The Kier molecular flexibility index (Phi) is 6.42. The number of furan rings is 1. The Labute approximate surface area is 174 Å². The van der Waals surface area contributed by atoms with E-state index in [1.54, 1.807) is 35.8 Å². The van der Waals surface area contributed by atoms with Gasteiger partial charge >= 0.3 is 0 Å². The largest absolute Gasteiger partial charge is 0.459 e. The minimum absolute atomic E-state index is 0.103. The van der Waals surface area contributed by atoms with E-state index in [1.165, 1.54) is 22.7 Å². The predicted molar refractivity (Wildman–Crippen MR) is 110 cm³/mol. The third kappa shape index (κ3) is 4.17. The molecule has 162 valence electrons. The van der Waals surface area contributed by atoms with Gasteiger partial charge in [0.25, 0.3) is 11.6 Å². The first kappa shape index (κ1) is 21.8. The molecule has 10 nitrogen and oxygen atoms in total. The van der Waals surface area contributed by atoms with Crippen LogP contribution in [0.25, 0.3) is 0 Å². The molecule has 1 aromatic carbocycles. The van der Waals surface area contributed by atoms with E-state index in [1.807, 2.05) is 0 Å². The number of hydrogen-bond donors (Lipinski definition) is 0. The molecule has 0 unspecified atom stereocenters. The summed E-state index contributed by atoms with van der Waals surface area (Å²) in [7, 11) is -3.80. The molecule has 1 aromatic heterocycles. The number of rotatable bonds is 7. The molecule has 0 bridgehead atoms. The van der Waals surface area contributed by atoms with Crippen LogP contribution in [0, 0.1) is 10.1 Å². The number of hydrogen-bond acceptors (Lipinski definition) is 7. The van der Waals surface area contributed by atoms with Crippen molar-refractivity contribution in [3.05, 3.63) is 52.5 Å². The first-order valence-electron chi connectivity index (χ1n) is 9.65. The van der Waals surface area contributed by atoms with E-state index in [0.29, 0.717) is 31.9 Å². The molecule has 2 aromatic rings. The molecule has 30 heavy (non-hydrogen) atoms. The number of carbonyl (C=O) groups is 1. The maximum absolute atomic E-state index is 12.7. The summed E-state index contributed by atoms with van der Waals surface area (Å²) in [6.45, 7) is 5.50. The van der Waals surface area contributed by atoms with E-state index in [-0.39, 0.29) is 35.3 Å². The summed E-state index contributed by atoms with van der Waals surface area (Å²) in [6.07, 6.45) is 1.43. The van der Waals surface area contributed by atoms with Crippen LogP contribution >= 0.6 is 0 Å². The Morgan fingerprint density at radius 2 is 1.83 bits per heavy atom. The van der Waals surface area contributed by atoms with Gasteiger partial charge in [-0.1, -0.05) is 13.8 Å². The molecule has 0 saturated carbocycles. The number of anilines is 1. The lowest BCUT2D eigenvalue weighted by molar-refractivity contribution is -0.384. The van der Waals surface area contributed by atoms with Crippen LogP contribution in [0.3, 0.4) is 0 Å². The average molecular weight is 436 g/mol. The summed E-state index contributed by atoms with van der Waals surface area (Å²) in [5, 5.41) is 11.7. The van der Waals surface area contributed by atoms with Crippen molar-refractivity contribution in [3.63, 3.8) is 0 Å². The summed E-state index contributed by atoms with van der Waals surface area (Å²) >= 11 is 0. The topological polar surface area (TPSA) is 117 Å². The highest BCUT2D eigenvalue weighted by atomic mass is 32.2. The summed E-state index contributed by atoms with van der Waals surface area (Å²) in [6, 6.07) is 7.22. The van der Waals surface area contributed by atoms with E-state index in [9.17, 15) is 23.3 Å². The number of carbonyl (C=O) groups excluding carboxylic acids is 1. The fourth-order valence-corrected chi connectivity index (χ4v) is 4.98. The van der Waals surface area contributed by atoms with Gasteiger partial charge in [0.15, 0.2) is 5.76 Å². The van der Waals surface area contributed by atoms with E-state index >= 15 is 0 Å². The van der Waals surface area contributed by atoms with Gasteiger partial charge in [-0.05, 0) is 24.3 Å². The first-order chi connectivity index (χ1) is 14.3. The fourth-order valence-electron chi connectivity index (χ4n) is 3.50. The van der Waals surface area contributed by atoms with Crippen molar-refractivity contribution in [2.45, 2.75) is 18.7 Å². The maximum Gasteiger partial charge on any atom is 0.293 e. The van der Waals surface area contributed by atoms with Crippen LogP contribution in [0.5, 0.6) is 0 Å². The highest BCUT2D eigenvalue weighted by molar-refractivity contribution is 7.89. The number of nitro benzene ring substituents is 1. The summed E-state index contributed by atoms with van der Waals surface area (Å²) in [5.74, 6) is 0.0233. The van der Waals surface area contributed by atoms with Crippen molar-refractivity contribution >= 4 is 27.3 Å². The lowest BCUT2D eigenvalue weighted by Crippen LogP contribution is -2.48. The Bertz CT molecular complexity index is 1010. The molecule has 1 saturated heterocycles. The van der Waals surface area contributed by atoms with Crippen molar-refractivity contribution in [1.29, 1.82) is 0 Å². The Balaban J connectivity index is 1.82. The first-order valence-corrected chi connectivity index (χ1v) is 11.1. The second-order valence-corrected chi connectivity index (χ2v) is 8.69. The van der Waals surface area contributed by atoms with Crippen molar-refractivity contribution in [2.24, 2.45) is 0 Å². The van der Waals surface area contributed by atoms with Crippen molar-refractivity contribution in [1.82, 2.24) is 9.21 Å². The molecule has 0 spiro atoms. The molecule has 1 amide bonds. The van der Waals surface area contributed by atoms with Crippen LogP contribution in [0.1, 0.15) is 24.4 Å². The zero-order valence-electron chi connectivity index (χ0n) is 16.9. The Hall–Kier alpha value is -2.92.